The lowest BCUT2D eigenvalue weighted by Gasteiger charge is -2.34. The summed E-state index contributed by atoms with van der Waals surface area (Å²) in [5, 5.41) is 7.00. The van der Waals surface area contributed by atoms with Crippen molar-refractivity contribution < 1.29 is 4.74 Å². The maximum absolute atomic E-state index is 5.34. The van der Waals surface area contributed by atoms with E-state index in [1.165, 1.54) is 12.8 Å². The van der Waals surface area contributed by atoms with Gasteiger partial charge in [0.25, 0.3) is 0 Å². The molecule has 2 heterocycles. The lowest BCUT2D eigenvalue weighted by Crippen LogP contribution is -2.52. The lowest BCUT2D eigenvalue weighted by molar-refractivity contribution is 0.0518. The number of hydrogen-bond donors (Lipinski definition) is 2. The molecule has 0 aromatic heterocycles. The maximum Gasteiger partial charge on any atom is 0.0469 e. The van der Waals surface area contributed by atoms with Crippen molar-refractivity contribution in [3.63, 3.8) is 0 Å². The van der Waals surface area contributed by atoms with Crippen molar-refractivity contribution in [2.75, 3.05) is 32.8 Å². The van der Waals surface area contributed by atoms with Crippen molar-refractivity contribution in [1.29, 1.82) is 0 Å². The summed E-state index contributed by atoms with van der Waals surface area (Å²) in [6, 6.07) is 0.697. The van der Waals surface area contributed by atoms with Crippen LogP contribution < -0.4 is 10.6 Å². The van der Waals surface area contributed by atoms with Crippen molar-refractivity contribution in [2.24, 2.45) is 5.92 Å². The molecule has 2 aliphatic heterocycles. The molecule has 3 nitrogen and oxygen atoms in total. The fraction of sp³-hybridized carbons (Fsp3) is 1.00. The molecule has 3 heteroatoms. The highest BCUT2D eigenvalue weighted by Crippen LogP contribution is 2.18. The van der Waals surface area contributed by atoms with Crippen LogP contribution in [0.5, 0.6) is 0 Å². The van der Waals surface area contributed by atoms with Gasteiger partial charge in [0, 0.05) is 38.9 Å². The Kier molecular flexibility index (Phi) is 2.98. The Morgan fingerprint density at radius 2 is 1.92 bits per heavy atom. The fourth-order valence-electron chi connectivity index (χ4n) is 2.13. The van der Waals surface area contributed by atoms with Crippen molar-refractivity contribution in [2.45, 2.75) is 18.9 Å². The van der Waals surface area contributed by atoms with Gasteiger partial charge in [0.1, 0.15) is 0 Å². The minimum atomic E-state index is 0.697. The molecule has 0 aromatic rings. The van der Waals surface area contributed by atoms with Crippen LogP contribution in [0.2, 0.25) is 0 Å². The third kappa shape index (κ3) is 1.97. The van der Waals surface area contributed by atoms with Gasteiger partial charge in [-0.3, -0.25) is 0 Å². The number of piperazine rings is 1. The van der Waals surface area contributed by atoms with Crippen LogP contribution in [0.4, 0.5) is 0 Å². The first-order valence-corrected chi connectivity index (χ1v) is 4.98. The second-order valence-corrected chi connectivity index (χ2v) is 3.71. The number of nitrogens with one attached hydrogen (secondary N) is 2. The van der Waals surface area contributed by atoms with E-state index in [-0.39, 0.29) is 0 Å². The van der Waals surface area contributed by atoms with Gasteiger partial charge in [0.05, 0.1) is 0 Å². The Morgan fingerprint density at radius 1 is 1.08 bits per heavy atom. The summed E-state index contributed by atoms with van der Waals surface area (Å²) >= 11 is 0. The average molecular weight is 170 g/mol. The van der Waals surface area contributed by atoms with Gasteiger partial charge in [-0.25, -0.2) is 0 Å². The Hall–Kier alpha value is -0.120. The zero-order valence-electron chi connectivity index (χ0n) is 7.51. The molecule has 0 aliphatic carbocycles. The third-order valence-electron chi connectivity index (χ3n) is 2.91. The number of ether oxygens (including phenoxy) is 1. The molecule has 2 rings (SSSR count). The van der Waals surface area contributed by atoms with Gasteiger partial charge in [-0.2, -0.15) is 0 Å². The van der Waals surface area contributed by atoms with E-state index in [9.17, 15) is 0 Å². The normalized spacial score (nSPS) is 33.5. The summed E-state index contributed by atoms with van der Waals surface area (Å²) in [6.45, 7) is 5.32. The van der Waals surface area contributed by atoms with Crippen LogP contribution in [0.3, 0.4) is 0 Å². The van der Waals surface area contributed by atoms with Gasteiger partial charge < -0.3 is 15.4 Å². The fourth-order valence-corrected chi connectivity index (χ4v) is 2.13. The van der Waals surface area contributed by atoms with Crippen molar-refractivity contribution >= 4 is 0 Å². The van der Waals surface area contributed by atoms with Crippen LogP contribution in [-0.4, -0.2) is 38.9 Å². The maximum atomic E-state index is 5.34. The highest BCUT2D eigenvalue weighted by molar-refractivity contribution is 4.83. The Bertz CT molecular complexity index is 112. The summed E-state index contributed by atoms with van der Waals surface area (Å²) in [6.07, 6.45) is 2.47. The largest absolute Gasteiger partial charge is 0.381 e. The molecule has 0 saturated carbocycles. The van der Waals surface area contributed by atoms with Crippen molar-refractivity contribution in [1.82, 2.24) is 10.6 Å². The molecule has 0 radical (unpaired) electrons. The molecule has 0 unspecified atom stereocenters. The zero-order valence-corrected chi connectivity index (χ0v) is 7.51. The Labute approximate surface area is 73.9 Å². The van der Waals surface area contributed by atoms with E-state index in [1.807, 2.05) is 0 Å². The predicted molar refractivity (Wildman–Crippen MR) is 48.2 cm³/mol. The molecule has 70 valence electrons. The molecule has 0 aromatic carbocycles. The van der Waals surface area contributed by atoms with Crippen LogP contribution >= 0.6 is 0 Å². The SMILES string of the molecule is C1CN[C@@H](C2CCOCC2)CN1. The van der Waals surface area contributed by atoms with E-state index in [0.29, 0.717) is 6.04 Å². The molecule has 2 fully saturated rings. The Morgan fingerprint density at radius 3 is 2.58 bits per heavy atom. The highest BCUT2D eigenvalue weighted by atomic mass is 16.5. The van der Waals surface area contributed by atoms with Gasteiger partial charge in [-0.1, -0.05) is 0 Å². The average Bonchev–Trinajstić information content (AvgIpc) is 2.21. The molecular weight excluding hydrogens is 152 g/mol. The lowest BCUT2D eigenvalue weighted by atomic mass is 9.91. The van der Waals surface area contributed by atoms with E-state index in [1.54, 1.807) is 0 Å². The third-order valence-corrected chi connectivity index (χ3v) is 2.91. The van der Waals surface area contributed by atoms with E-state index in [0.717, 1.165) is 38.8 Å². The summed E-state index contributed by atoms with van der Waals surface area (Å²) < 4.78 is 5.34. The summed E-state index contributed by atoms with van der Waals surface area (Å²) in [5.41, 5.74) is 0. The summed E-state index contributed by atoms with van der Waals surface area (Å²) in [7, 11) is 0. The molecule has 2 N–H and O–H groups in total. The van der Waals surface area contributed by atoms with E-state index in [4.69, 9.17) is 4.74 Å². The minimum Gasteiger partial charge on any atom is -0.381 e. The molecule has 0 bridgehead atoms. The van der Waals surface area contributed by atoms with Gasteiger partial charge in [0.15, 0.2) is 0 Å². The molecular formula is C9H18N2O. The molecule has 0 amide bonds. The first kappa shape index (κ1) is 8.48. The topological polar surface area (TPSA) is 33.3 Å². The second-order valence-electron chi connectivity index (χ2n) is 3.71. The molecule has 12 heavy (non-hydrogen) atoms. The monoisotopic (exact) mass is 170 g/mol. The van der Waals surface area contributed by atoms with E-state index >= 15 is 0 Å². The van der Waals surface area contributed by atoms with E-state index in [2.05, 4.69) is 10.6 Å². The van der Waals surface area contributed by atoms with Gasteiger partial charge in [-0.15, -0.1) is 0 Å². The van der Waals surface area contributed by atoms with Gasteiger partial charge in [-0.05, 0) is 18.8 Å². The van der Waals surface area contributed by atoms with Crippen LogP contribution in [0.15, 0.2) is 0 Å². The highest BCUT2D eigenvalue weighted by Gasteiger charge is 2.24. The quantitative estimate of drug-likeness (QED) is 0.580. The summed E-state index contributed by atoms with van der Waals surface area (Å²) in [4.78, 5) is 0. The van der Waals surface area contributed by atoms with Gasteiger partial charge >= 0.3 is 0 Å². The van der Waals surface area contributed by atoms with Gasteiger partial charge in [0.2, 0.25) is 0 Å². The molecule has 2 aliphatic rings. The number of hydrogen-bond acceptors (Lipinski definition) is 3. The zero-order chi connectivity index (χ0) is 8.23. The van der Waals surface area contributed by atoms with Crippen LogP contribution in [0.25, 0.3) is 0 Å². The summed E-state index contributed by atoms with van der Waals surface area (Å²) in [5.74, 6) is 0.839. The predicted octanol–water partition coefficient (Wildman–Crippen LogP) is -0.0256. The molecule has 1 atom stereocenters. The molecule has 2 saturated heterocycles. The standard InChI is InChI=1S/C9H18N2O/c1-5-12-6-2-8(1)9-7-10-3-4-11-9/h8-11H,1-7H2/t9-/m1/s1. The van der Waals surface area contributed by atoms with Crippen LogP contribution in [0, 0.1) is 5.92 Å². The second kappa shape index (κ2) is 4.21. The number of rotatable bonds is 1. The van der Waals surface area contributed by atoms with Crippen LogP contribution in [0.1, 0.15) is 12.8 Å². The first-order valence-electron chi connectivity index (χ1n) is 4.98. The van der Waals surface area contributed by atoms with Crippen molar-refractivity contribution in [3.05, 3.63) is 0 Å². The first-order chi connectivity index (χ1) is 5.97. The van der Waals surface area contributed by atoms with Crippen molar-refractivity contribution in [3.8, 4) is 0 Å². The van der Waals surface area contributed by atoms with Crippen LogP contribution in [-0.2, 0) is 4.74 Å². The molecule has 0 spiro atoms. The Balaban J connectivity index is 1.80. The smallest absolute Gasteiger partial charge is 0.0469 e. The minimum absolute atomic E-state index is 0.697. The van der Waals surface area contributed by atoms with E-state index < -0.39 is 0 Å².